The van der Waals surface area contributed by atoms with Crippen LogP contribution in [0.2, 0.25) is 0 Å². The number of ether oxygens (including phenoxy) is 1. The number of para-hydroxylation sites is 1. The van der Waals surface area contributed by atoms with Gasteiger partial charge in [0.05, 0.1) is 22.5 Å². The van der Waals surface area contributed by atoms with Crippen LogP contribution in [0.3, 0.4) is 0 Å². The van der Waals surface area contributed by atoms with Crippen molar-refractivity contribution < 1.29 is 19.1 Å². The van der Waals surface area contributed by atoms with Crippen molar-refractivity contribution in [1.82, 2.24) is 14.8 Å². The van der Waals surface area contributed by atoms with Crippen molar-refractivity contribution in [2.45, 2.75) is 0 Å². The van der Waals surface area contributed by atoms with Crippen LogP contribution in [0.25, 0.3) is 0 Å². The Kier molecular flexibility index (Phi) is 4.37. The number of nitrogens with zero attached hydrogens (tertiary/aromatic N) is 3. The van der Waals surface area contributed by atoms with E-state index in [9.17, 15) is 14.4 Å². The SMILES string of the molecule is CN(C)C(=O)[C@H]1CN(C(=O)c2cccnc2)C[C@@]12COc1ccccc1C2=O. The maximum absolute atomic E-state index is 13.5. The zero-order chi connectivity index (χ0) is 19.9. The summed E-state index contributed by atoms with van der Waals surface area (Å²) in [5.41, 5.74) is -0.200. The molecule has 0 aliphatic carbocycles. The fourth-order valence-electron chi connectivity index (χ4n) is 4.06. The number of carbonyl (C=O) groups excluding carboxylic acids is 3. The van der Waals surface area contributed by atoms with Crippen LogP contribution in [-0.4, -0.2) is 66.2 Å². The average molecular weight is 379 g/mol. The maximum atomic E-state index is 13.5. The monoisotopic (exact) mass is 379 g/mol. The lowest BCUT2D eigenvalue weighted by molar-refractivity contribution is -0.135. The molecule has 28 heavy (non-hydrogen) atoms. The topological polar surface area (TPSA) is 79.8 Å². The Hall–Kier alpha value is -3.22. The van der Waals surface area contributed by atoms with Gasteiger partial charge in [-0.25, -0.2) is 0 Å². The Labute approximate surface area is 162 Å². The molecule has 2 aliphatic heterocycles. The first-order valence-electron chi connectivity index (χ1n) is 9.11. The second-order valence-corrected chi connectivity index (χ2v) is 7.48. The molecule has 2 aromatic rings. The van der Waals surface area contributed by atoms with Crippen molar-refractivity contribution >= 4 is 17.6 Å². The van der Waals surface area contributed by atoms with Crippen molar-refractivity contribution in [3.63, 3.8) is 0 Å². The second-order valence-electron chi connectivity index (χ2n) is 7.48. The van der Waals surface area contributed by atoms with Crippen molar-refractivity contribution in [3.8, 4) is 5.75 Å². The highest BCUT2D eigenvalue weighted by Gasteiger charge is 2.59. The number of fused-ring (bicyclic) bond motifs is 1. The van der Waals surface area contributed by atoms with Crippen molar-refractivity contribution in [1.29, 1.82) is 0 Å². The molecular formula is C21H21N3O4. The minimum Gasteiger partial charge on any atom is -0.492 e. The summed E-state index contributed by atoms with van der Waals surface area (Å²) in [4.78, 5) is 46.4. The number of rotatable bonds is 2. The molecule has 0 N–H and O–H groups in total. The lowest BCUT2D eigenvalue weighted by Crippen LogP contribution is -2.51. The van der Waals surface area contributed by atoms with Gasteiger partial charge in [0.1, 0.15) is 12.4 Å². The van der Waals surface area contributed by atoms with E-state index in [0.717, 1.165) is 0 Å². The van der Waals surface area contributed by atoms with Gasteiger partial charge in [-0.3, -0.25) is 19.4 Å². The Morgan fingerprint density at radius 3 is 2.71 bits per heavy atom. The first-order chi connectivity index (χ1) is 13.4. The smallest absolute Gasteiger partial charge is 0.255 e. The third-order valence-corrected chi connectivity index (χ3v) is 5.55. The molecule has 1 spiro atoms. The van der Waals surface area contributed by atoms with Crippen molar-refractivity contribution in [3.05, 3.63) is 59.9 Å². The quantitative estimate of drug-likeness (QED) is 0.790. The Morgan fingerprint density at radius 2 is 2.00 bits per heavy atom. The van der Waals surface area contributed by atoms with Crippen LogP contribution >= 0.6 is 0 Å². The number of amides is 2. The van der Waals surface area contributed by atoms with Gasteiger partial charge < -0.3 is 14.5 Å². The maximum Gasteiger partial charge on any atom is 0.255 e. The zero-order valence-electron chi connectivity index (χ0n) is 15.8. The molecule has 2 aliphatic rings. The standard InChI is InChI=1S/C21H21N3O4/c1-23(2)20(27)16-11-24(19(26)14-6-5-9-22-10-14)12-21(16)13-28-17-8-4-3-7-15(17)18(21)25/h3-10,16H,11-13H2,1-2H3/t16-,21-/m1/s1. The van der Waals surface area contributed by atoms with E-state index >= 15 is 0 Å². The molecule has 1 aromatic heterocycles. The molecule has 3 heterocycles. The van der Waals surface area contributed by atoms with Crippen molar-refractivity contribution in [2.24, 2.45) is 11.3 Å². The summed E-state index contributed by atoms with van der Waals surface area (Å²) < 4.78 is 5.88. The molecule has 144 valence electrons. The highest BCUT2D eigenvalue weighted by atomic mass is 16.5. The van der Waals surface area contributed by atoms with E-state index in [0.29, 0.717) is 16.9 Å². The third kappa shape index (κ3) is 2.74. The zero-order valence-corrected chi connectivity index (χ0v) is 15.8. The summed E-state index contributed by atoms with van der Waals surface area (Å²) in [5.74, 6) is -0.711. The van der Waals surface area contributed by atoms with E-state index in [1.165, 1.54) is 11.1 Å². The van der Waals surface area contributed by atoms with Crippen LogP contribution in [-0.2, 0) is 4.79 Å². The molecule has 7 nitrogen and oxygen atoms in total. The van der Waals surface area contributed by atoms with Crippen LogP contribution in [0.5, 0.6) is 5.75 Å². The molecule has 1 aromatic carbocycles. The normalized spacial score (nSPS) is 23.3. The minimum absolute atomic E-state index is 0.0733. The van der Waals surface area contributed by atoms with Crippen LogP contribution in [0.4, 0.5) is 0 Å². The van der Waals surface area contributed by atoms with Gasteiger partial charge in [0, 0.05) is 39.6 Å². The summed E-state index contributed by atoms with van der Waals surface area (Å²) in [6.07, 6.45) is 3.08. The Morgan fingerprint density at radius 1 is 1.21 bits per heavy atom. The van der Waals surface area contributed by atoms with Crippen LogP contribution in [0, 0.1) is 11.3 Å². The average Bonchev–Trinajstić information content (AvgIpc) is 3.11. The summed E-state index contributed by atoms with van der Waals surface area (Å²) in [7, 11) is 3.31. The molecule has 1 fully saturated rings. The Balaban J connectivity index is 1.73. The van der Waals surface area contributed by atoms with E-state index in [-0.39, 0.29) is 37.3 Å². The summed E-state index contributed by atoms with van der Waals surface area (Å²) in [5, 5.41) is 0. The first-order valence-corrected chi connectivity index (χ1v) is 9.11. The largest absolute Gasteiger partial charge is 0.492 e. The number of benzene rings is 1. The highest BCUT2D eigenvalue weighted by Crippen LogP contribution is 2.45. The summed E-state index contributed by atoms with van der Waals surface area (Å²) in [6.45, 7) is 0.379. The summed E-state index contributed by atoms with van der Waals surface area (Å²) in [6, 6.07) is 10.4. The van der Waals surface area contributed by atoms with Gasteiger partial charge in [-0.2, -0.15) is 0 Å². The number of aromatic nitrogens is 1. The molecular weight excluding hydrogens is 358 g/mol. The number of pyridine rings is 1. The van der Waals surface area contributed by atoms with Gasteiger partial charge in [-0.05, 0) is 24.3 Å². The molecule has 1 saturated heterocycles. The summed E-state index contributed by atoms with van der Waals surface area (Å²) >= 11 is 0. The highest BCUT2D eigenvalue weighted by molar-refractivity contribution is 6.07. The lowest BCUT2D eigenvalue weighted by Gasteiger charge is -2.37. The predicted octanol–water partition coefficient (Wildman–Crippen LogP) is 1.50. The van der Waals surface area contributed by atoms with Gasteiger partial charge in [0.25, 0.3) is 5.91 Å². The molecule has 0 bridgehead atoms. The number of hydrogen-bond acceptors (Lipinski definition) is 5. The fraction of sp³-hybridized carbons (Fsp3) is 0.333. The van der Waals surface area contributed by atoms with E-state index in [4.69, 9.17) is 4.74 Å². The fourth-order valence-corrected chi connectivity index (χ4v) is 4.06. The third-order valence-electron chi connectivity index (χ3n) is 5.55. The minimum atomic E-state index is -1.09. The van der Waals surface area contributed by atoms with Crippen LogP contribution in [0.1, 0.15) is 20.7 Å². The van der Waals surface area contributed by atoms with E-state index in [1.807, 2.05) is 0 Å². The second kappa shape index (κ2) is 6.74. The van der Waals surface area contributed by atoms with Gasteiger partial charge in [0.15, 0.2) is 5.78 Å². The molecule has 0 saturated carbocycles. The molecule has 0 radical (unpaired) electrons. The lowest BCUT2D eigenvalue weighted by atomic mass is 9.71. The number of hydrogen-bond donors (Lipinski definition) is 0. The molecule has 7 heteroatoms. The number of ketones is 1. The van der Waals surface area contributed by atoms with Crippen LogP contribution in [0.15, 0.2) is 48.8 Å². The van der Waals surface area contributed by atoms with Gasteiger partial charge in [0.2, 0.25) is 5.91 Å². The first kappa shape index (κ1) is 18.2. The molecule has 2 atom stereocenters. The van der Waals surface area contributed by atoms with Crippen LogP contribution < -0.4 is 4.74 Å². The number of Topliss-reactive ketones (excluding diaryl/α,β-unsaturated/α-hetero) is 1. The van der Waals surface area contributed by atoms with Gasteiger partial charge in [-0.1, -0.05) is 12.1 Å². The van der Waals surface area contributed by atoms with Gasteiger partial charge >= 0.3 is 0 Å². The Bertz CT molecular complexity index is 944. The predicted molar refractivity (Wildman–Crippen MR) is 101 cm³/mol. The molecule has 2 amide bonds. The van der Waals surface area contributed by atoms with E-state index in [1.54, 1.807) is 61.6 Å². The number of likely N-dealkylation sites (tertiary alicyclic amines) is 1. The van der Waals surface area contributed by atoms with E-state index in [2.05, 4.69) is 4.98 Å². The van der Waals surface area contributed by atoms with E-state index < -0.39 is 11.3 Å². The van der Waals surface area contributed by atoms with Crippen molar-refractivity contribution in [2.75, 3.05) is 33.8 Å². The molecule has 0 unspecified atom stereocenters. The van der Waals surface area contributed by atoms with Gasteiger partial charge in [-0.15, -0.1) is 0 Å². The molecule has 4 rings (SSSR count). The number of carbonyl (C=O) groups is 3.